The lowest BCUT2D eigenvalue weighted by Gasteiger charge is -2.36. The van der Waals surface area contributed by atoms with E-state index in [0.717, 1.165) is 21.5 Å². The summed E-state index contributed by atoms with van der Waals surface area (Å²) in [4.78, 5) is 15.1. The molecule has 0 atom stereocenters. The first-order valence-corrected chi connectivity index (χ1v) is 8.65. The number of hydrogen-bond donors (Lipinski definition) is 0. The van der Waals surface area contributed by atoms with Gasteiger partial charge in [0.25, 0.3) is 5.91 Å². The molecular formula is C19H22N2OS. The van der Waals surface area contributed by atoms with Gasteiger partial charge in [0.2, 0.25) is 0 Å². The zero-order valence-electron chi connectivity index (χ0n) is 14.0. The number of benzene rings is 1. The van der Waals surface area contributed by atoms with Crippen LogP contribution in [0.3, 0.4) is 0 Å². The molecule has 0 N–H and O–H groups in total. The Morgan fingerprint density at radius 1 is 1.17 bits per heavy atom. The molecule has 3 nitrogen and oxygen atoms in total. The van der Waals surface area contributed by atoms with Crippen molar-refractivity contribution in [1.29, 1.82) is 0 Å². The predicted octanol–water partition coefficient (Wildman–Crippen LogP) is 4.68. The number of nitrogens with zero attached hydrogens (tertiary/aromatic N) is 2. The summed E-state index contributed by atoms with van der Waals surface area (Å²) in [6.45, 7) is 6.86. The molecule has 0 bridgehead atoms. The summed E-state index contributed by atoms with van der Waals surface area (Å²) in [6.07, 6.45) is 0. The maximum Gasteiger partial charge on any atom is 0.271 e. The molecule has 0 unspecified atom stereocenters. The minimum absolute atomic E-state index is 0.0762. The van der Waals surface area contributed by atoms with E-state index in [1.54, 1.807) is 11.3 Å². The van der Waals surface area contributed by atoms with E-state index in [-0.39, 0.29) is 11.4 Å². The fraction of sp³-hybridized carbons (Fsp3) is 0.316. The van der Waals surface area contributed by atoms with Crippen LogP contribution in [0, 0.1) is 0 Å². The molecule has 3 aromatic rings. The summed E-state index contributed by atoms with van der Waals surface area (Å²) in [7, 11) is 1.96. The number of thiophene rings is 1. The zero-order chi connectivity index (χ0) is 16.6. The molecule has 120 valence electrons. The van der Waals surface area contributed by atoms with E-state index in [1.165, 1.54) is 0 Å². The van der Waals surface area contributed by atoms with Crippen molar-refractivity contribution >= 4 is 27.5 Å². The summed E-state index contributed by atoms with van der Waals surface area (Å²) in [5.74, 6) is 0.0762. The fourth-order valence-electron chi connectivity index (χ4n) is 2.77. The van der Waals surface area contributed by atoms with Crippen molar-refractivity contribution < 1.29 is 4.79 Å². The molecule has 0 aliphatic rings. The molecule has 4 heteroatoms. The van der Waals surface area contributed by atoms with Crippen molar-refractivity contribution in [2.75, 3.05) is 0 Å². The molecule has 0 radical (unpaired) electrons. The minimum atomic E-state index is -0.245. The van der Waals surface area contributed by atoms with Gasteiger partial charge < -0.3 is 9.47 Å². The lowest BCUT2D eigenvalue weighted by atomic mass is 10.0. The topological polar surface area (TPSA) is 25.2 Å². The van der Waals surface area contributed by atoms with E-state index in [2.05, 4.69) is 44.4 Å². The van der Waals surface area contributed by atoms with Gasteiger partial charge >= 0.3 is 0 Å². The van der Waals surface area contributed by atoms with Crippen LogP contribution in [0.5, 0.6) is 0 Å². The highest BCUT2D eigenvalue weighted by atomic mass is 32.1. The van der Waals surface area contributed by atoms with E-state index in [0.29, 0.717) is 6.54 Å². The third kappa shape index (κ3) is 3.04. The molecule has 23 heavy (non-hydrogen) atoms. The molecule has 0 saturated carbocycles. The van der Waals surface area contributed by atoms with Crippen LogP contribution in [0.2, 0.25) is 0 Å². The van der Waals surface area contributed by atoms with Crippen molar-refractivity contribution in [3.63, 3.8) is 0 Å². The van der Waals surface area contributed by atoms with Gasteiger partial charge in [0, 0.05) is 19.1 Å². The fourth-order valence-corrected chi connectivity index (χ4v) is 3.62. The summed E-state index contributed by atoms with van der Waals surface area (Å²) >= 11 is 1.67. The average molecular weight is 326 g/mol. The second-order valence-electron chi connectivity index (χ2n) is 6.81. The number of aryl methyl sites for hydroxylation is 1. The Balaban J connectivity index is 1.97. The minimum Gasteiger partial charge on any atom is -0.339 e. The molecule has 0 spiro atoms. The Bertz CT molecular complexity index is 824. The maximum atomic E-state index is 13.2. The molecule has 3 rings (SSSR count). The Labute approximate surface area is 141 Å². The molecular weight excluding hydrogens is 304 g/mol. The number of carbonyl (C=O) groups is 1. The lowest BCUT2D eigenvalue weighted by molar-refractivity contribution is 0.0549. The van der Waals surface area contributed by atoms with Crippen molar-refractivity contribution in [1.82, 2.24) is 9.47 Å². The first-order chi connectivity index (χ1) is 10.9. The second-order valence-corrected chi connectivity index (χ2v) is 7.75. The second kappa shape index (κ2) is 5.85. The summed E-state index contributed by atoms with van der Waals surface area (Å²) in [5, 5.41) is 2.06. The van der Waals surface area contributed by atoms with E-state index in [1.807, 2.05) is 40.8 Å². The highest BCUT2D eigenvalue weighted by Gasteiger charge is 2.29. The summed E-state index contributed by atoms with van der Waals surface area (Å²) in [6, 6.07) is 14.2. The third-order valence-electron chi connectivity index (χ3n) is 4.12. The standard InChI is InChI=1S/C19H22N2OS/c1-19(2,3)21(13-14-8-6-5-7-9-14)18(22)16-12-17-15(20(16)4)10-11-23-17/h5-12H,13H2,1-4H3. The average Bonchev–Trinajstić information content (AvgIpc) is 3.07. The van der Waals surface area contributed by atoms with Gasteiger partial charge in [-0.25, -0.2) is 0 Å². The van der Waals surface area contributed by atoms with E-state index in [9.17, 15) is 4.79 Å². The normalized spacial score (nSPS) is 11.8. The molecule has 0 fully saturated rings. The largest absolute Gasteiger partial charge is 0.339 e. The third-order valence-corrected chi connectivity index (χ3v) is 4.97. The molecule has 0 saturated heterocycles. The van der Waals surface area contributed by atoms with Gasteiger partial charge in [0.1, 0.15) is 5.69 Å². The van der Waals surface area contributed by atoms with Gasteiger partial charge in [-0.05, 0) is 43.8 Å². The molecule has 2 heterocycles. The number of amides is 1. The van der Waals surface area contributed by atoms with E-state index < -0.39 is 0 Å². The van der Waals surface area contributed by atoms with E-state index in [4.69, 9.17) is 0 Å². The van der Waals surface area contributed by atoms with Crippen molar-refractivity contribution in [2.24, 2.45) is 7.05 Å². The summed E-state index contributed by atoms with van der Waals surface area (Å²) in [5.41, 5.74) is 2.77. The predicted molar refractivity (Wildman–Crippen MR) is 96.9 cm³/mol. The Kier molecular flexibility index (Phi) is 4.02. The van der Waals surface area contributed by atoms with Crippen LogP contribution >= 0.6 is 11.3 Å². The lowest BCUT2D eigenvalue weighted by Crippen LogP contribution is -2.45. The Hall–Kier alpha value is -2.07. The van der Waals surface area contributed by atoms with Gasteiger partial charge in [0.15, 0.2) is 0 Å². The van der Waals surface area contributed by atoms with Gasteiger partial charge in [-0.2, -0.15) is 0 Å². The van der Waals surface area contributed by atoms with Crippen LogP contribution in [0.1, 0.15) is 36.8 Å². The number of rotatable bonds is 3. The number of fused-ring (bicyclic) bond motifs is 1. The van der Waals surface area contributed by atoms with Crippen molar-refractivity contribution in [3.05, 3.63) is 59.1 Å². The maximum absolute atomic E-state index is 13.2. The van der Waals surface area contributed by atoms with Gasteiger partial charge in [-0.1, -0.05) is 30.3 Å². The quantitative estimate of drug-likeness (QED) is 0.686. The Morgan fingerprint density at radius 2 is 1.87 bits per heavy atom. The highest BCUT2D eigenvalue weighted by Crippen LogP contribution is 2.27. The van der Waals surface area contributed by atoms with Gasteiger partial charge in [0.05, 0.1) is 10.2 Å². The van der Waals surface area contributed by atoms with Crippen LogP contribution in [-0.4, -0.2) is 20.9 Å². The van der Waals surface area contributed by atoms with Gasteiger partial charge in [-0.15, -0.1) is 11.3 Å². The van der Waals surface area contributed by atoms with Gasteiger partial charge in [-0.3, -0.25) is 4.79 Å². The number of carbonyl (C=O) groups excluding carboxylic acids is 1. The monoisotopic (exact) mass is 326 g/mol. The molecule has 1 amide bonds. The molecule has 0 aliphatic heterocycles. The van der Waals surface area contributed by atoms with Crippen LogP contribution in [0.4, 0.5) is 0 Å². The SMILES string of the molecule is Cn1c(C(=O)N(Cc2ccccc2)C(C)(C)C)cc2sccc21. The summed E-state index contributed by atoms with van der Waals surface area (Å²) < 4.78 is 3.15. The van der Waals surface area contributed by atoms with Crippen LogP contribution in [0.25, 0.3) is 10.2 Å². The zero-order valence-corrected chi connectivity index (χ0v) is 14.9. The van der Waals surface area contributed by atoms with Crippen molar-refractivity contribution in [3.8, 4) is 0 Å². The number of hydrogen-bond acceptors (Lipinski definition) is 2. The number of aromatic nitrogens is 1. The molecule has 2 aromatic heterocycles. The molecule has 0 aliphatic carbocycles. The Morgan fingerprint density at radius 3 is 2.48 bits per heavy atom. The first-order valence-electron chi connectivity index (χ1n) is 7.77. The smallest absolute Gasteiger partial charge is 0.271 e. The van der Waals surface area contributed by atoms with Crippen LogP contribution < -0.4 is 0 Å². The van der Waals surface area contributed by atoms with Crippen molar-refractivity contribution in [2.45, 2.75) is 32.9 Å². The van der Waals surface area contributed by atoms with Crippen LogP contribution in [-0.2, 0) is 13.6 Å². The van der Waals surface area contributed by atoms with E-state index >= 15 is 0 Å². The highest BCUT2D eigenvalue weighted by molar-refractivity contribution is 7.17. The molecule has 1 aromatic carbocycles. The van der Waals surface area contributed by atoms with Crippen LogP contribution in [0.15, 0.2) is 47.8 Å². The first kappa shape index (κ1) is 15.8.